The van der Waals surface area contributed by atoms with Crippen molar-refractivity contribution in [2.75, 3.05) is 11.9 Å². The average molecular weight is 382 g/mol. The van der Waals surface area contributed by atoms with Crippen LogP contribution in [0.1, 0.15) is 29.4 Å². The summed E-state index contributed by atoms with van der Waals surface area (Å²) in [6.45, 7) is 0.440. The molecule has 0 aliphatic rings. The van der Waals surface area contributed by atoms with Crippen LogP contribution in [-0.4, -0.2) is 34.6 Å². The number of amides is 2. The van der Waals surface area contributed by atoms with Crippen LogP contribution in [0.5, 0.6) is 5.75 Å². The van der Waals surface area contributed by atoms with Gasteiger partial charge in [-0.1, -0.05) is 6.92 Å². The molecule has 7 nitrogen and oxygen atoms in total. The molecule has 0 aliphatic heterocycles. The van der Waals surface area contributed by atoms with Gasteiger partial charge in [0.05, 0.1) is 6.20 Å². The molecule has 0 saturated heterocycles. The van der Waals surface area contributed by atoms with Gasteiger partial charge in [0.25, 0.3) is 5.91 Å². The first-order valence-corrected chi connectivity index (χ1v) is 7.95. The molecule has 0 atom stereocenters. The standard InChI is InChI=1S/C17H17F3N4O3/c1-2-15(25)24-14-7-11(5-6-21-14)8-23-16(26)13-4-3-12(9-22-13)27-10-17(18,19)20/h3-7,9H,2,8,10H2,1H3,(H,23,26)(H,21,24,25). The zero-order valence-corrected chi connectivity index (χ0v) is 14.3. The number of rotatable bonds is 7. The highest BCUT2D eigenvalue weighted by Gasteiger charge is 2.28. The summed E-state index contributed by atoms with van der Waals surface area (Å²) >= 11 is 0. The predicted molar refractivity (Wildman–Crippen MR) is 90.1 cm³/mol. The number of aromatic nitrogens is 2. The fourth-order valence-electron chi connectivity index (χ4n) is 1.92. The van der Waals surface area contributed by atoms with Crippen LogP contribution in [0, 0.1) is 0 Å². The number of alkyl halides is 3. The second-order valence-corrected chi connectivity index (χ2v) is 5.42. The number of hydrogen-bond acceptors (Lipinski definition) is 5. The molecular formula is C17H17F3N4O3. The van der Waals surface area contributed by atoms with Gasteiger partial charge in [0.15, 0.2) is 6.61 Å². The number of ether oxygens (including phenoxy) is 1. The molecule has 2 aromatic heterocycles. The minimum atomic E-state index is -4.45. The van der Waals surface area contributed by atoms with Gasteiger partial charge in [-0.05, 0) is 29.8 Å². The monoisotopic (exact) mass is 382 g/mol. The first-order chi connectivity index (χ1) is 12.8. The van der Waals surface area contributed by atoms with Crippen LogP contribution in [0.25, 0.3) is 0 Å². The maximum absolute atomic E-state index is 12.1. The number of hydrogen-bond donors (Lipinski definition) is 2. The van der Waals surface area contributed by atoms with E-state index in [0.29, 0.717) is 17.8 Å². The summed E-state index contributed by atoms with van der Waals surface area (Å²) < 4.78 is 40.8. The minimum absolute atomic E-state index is 0.0305. The zero-order valence-electron chi connectivity index (χ0n) is 14.3. The van der Waals surface area contributed by atoms with Gasteiger partial charge in [-0.2, -0.15) is 13.2 Å². The predicted octanol–water partition coefficient (Wildman–Crippen LogP) is 2.70. The maximum Gasteiger partial charge on any atom is 0.422 e. The topological polar surface area (TPSA) is 93.2 Å². The van der Waals surface area contributed by atoms with Gasteiger partial charge in [-0.25, -0.2) is 9.97 Å². The molecule has 27 heavy (non-hydrogen) atoms. The SMILES string of the molecule is CCC(=O)Nc1cc(CNC(=O)c2ccc(OCC(F)(F)F)cn2)ccn1. The van der Waals surface area contributed by atoms with Crippen LogP contribution in [0.2, 0.25) is 0 Å². The second kappa shape index (κ2) is 8.97. The van der Waals surface area contributed by atoms with Gasteiger partial charge >= 0.3 is 6.18 Å². The number of carbonyl (C=O) groups is 2. The molecule has 2 aromatic rings. The van der Waals surface area contributed by atoms with E-state index < -0.39 is 18.7 Å². The molecule has 2 amide bonds. The fraction of sp³-hybridized carbons (Fsp3) is 0.294. The van der Waals surface area contributed by atoms with Crippen molar-refractivity contribution in [3.8, 4) is 5.75 Å². The van der Waals surface area contributed by atoms with E-state index in [2.05, 4.69) is 25.3 Å². The van der Waals surface area contributed by atoms with Crippen molar-refractivity contribution in [2.24, 2.45) is 0 Å². The Bertz CT molecular complexity index is 795. The normalized spacial score (nSPS) is 11.0. The summed E-state index contributed by atoms with van der Waals surface area (Å²) in [7, 11) is 0. The van der Waals surface area contributed by atoms with Crippen LogP contribution in [-0.2, 0) is 11.3 Å². The highest BCUT2D eigenvalue weighted by Crippen LogP contribution is 2.18. The quantitative estimate of drug-likeness (QED) is 0.768. The Kier molecular flexibility index (Phi) is 6.69. The Labute approximate surface area is 153 Å². The summed E-state index contributed by atoms with van der Waals surface area (Å²) in [5, 5.41) is 5.23. The summed E-state index contributed by atoms with van der Waals surface area (Å²) in [5.74, 6) is -0.402. The average Bonchev–Trinajstić information content (AvgIpc) is 2.64. The van der Waals surface area contributed by atoms with E-state index in [1.165, 1.54) is 18.3 Å². The van der Waals surface area contributed by atoms with Gasteiger partial charge in [-0.3, -0.25) is 9.59 Å². The van der Waals surface area contributed by atoms with Gasteiger partial charge in [-0.15, -0.1) is 0 Å². The number of nitrogens with one attached hydrogen (secondary N) is 2. The van der Waals surface area contributed by atoms with Crippen LogP contribution in [0.15, 0.2) is 36.7 Å². The van der Waals surface area contributed by atoms with Crippen LogP contribution >= 0.6 is 0 Å². The molecule has 2 heterocycles. The lowest BCUT2D eigenvalue weighted by Crippen LogP contribution is -2.24. The second-order valence-electron chi connectivity index (χ2n) is 5.42. The number of nitrogens with zero attached hydrogens (tertiary/aromatic N) is 2. The van der Waals surface area contributed by atoms with E-state index in [0.717, 1.165) is 6.20 Å². The highest BCUT2D eigenvalue weighted by molar-refractivity contribution is 5.92. The summed E-state index contributed by atoms with van der Waals surface area (Å²) in [6.07, 6.45) is -1.59. The van der Waals surface area contributed by atoms with E-state index in [1.54, 1.807) is 19.1 Å². The molecule has 0 bridgehead atoms. The molecule has 0 spiro atoms. The molecule has 0 radical (unpaired) electrons. The van der Waals surface area contributed by atoms with E-state index >= 15 is 0 Å². The first kappa shape index (κ1) is 20.1. The number of halogens is 3. The number of pyridine rings is 2. The Morgan fingerprint density at radius 1 is 1.19 bits per heavy atom. The first-order valence-electron chi connectivity index (χ1n) is 7.95. The largest absolute Gasteiger partial charge is 0.483 e. The molecule has 2 N–H and O–H groups in total. The number of anilines is 1. The van der Waals surface area contributed by atoms with Crippen molar-refractivity contribution in [3.05, 3.63) is 47.9 Å². The van der Waals surface area contributed by atoms with E-state index in [9.17, 15) is 22.8 Å². The number of carbonyl (C=O) groups excluding carboxylic acids is 2. The zero-order chi connectivity index (χ0) is 19.9. The van der Waals surface area contributed by atoms with Crippen molar-refractivity contribution >= 4 is 17.6 Å². The van der Waals surface area contributed by atoms with Crippen LogP contribution in [0.4, 0.5) is 19.0 Å². The molecule has 0 aromatic carbocycles. The van der Waals surface area contributed by atoms with Crippen LogP contribution in [0.3, 0.4) is 0 Å². The third-order valence-corrected chi connectivity index (χ3v) is 3.24. The van der Waals surface area contributed by atoms with Gasteiger partial charge in [0.2, 0.25) is 5.91 Å². The molecule has 2 rings (SSSR count). The van der Waals surface area contributed by atoms with Gasteiger partial charge in [0, 0.05) is 19.2 Å². The molecular weight excluding hydrogens is 365 g/mol. The molecule has 0 aliphatic carbocycles. The van der Waals surface area contributed by atoms with Gasteiger partial charge < -0.3 is 15.4 Å². The van der Waals surface area contributed by atoms with Crippen molar-refractivity contribution < 1.29 is 27.5 Å². The lowest BCUT2D eigenvalue weighted by Gasteiger charge is -2.09. The molecule has 0 saturated carbocycles. The van der Waals surface area contributed by atoms with Crippen LogP contribution < -0.4 is 15.4 Å². The smallest absolute Gasteiger partial charge is 0.422 e. The third kappa shape index (κ3) is 6.92. The van der Waals surface area contributed by atoms with E-state index in [1.807, 2.05) is 0 Å². The molecule has 0 fully saturated rings. The Morgan fingerprint density at radius 2 is 1.96 bits per heavy atom. The molecule has 10 heteroatoms. The molecule has 0 unspecified atom stereocenters. The third-order valence-electron chi connectivity index (χ3n) is 3.24. The van der Waals surface area contributed by atoms with E-state index in [4.69, 9.17) is 0 Å². The van der Waals surface area contributed by atoms with Crippen molar-refractivity contribution in [1.29, 1.82) is 0 Å². The fourth-order valence-corrected chi connectivity index (χ4v) is 1.92. The highest BCUT2D eigenvalue weighted by atomic mass is 19.4. The van der Waals surface area contributed by atoms with Crippen molar-refractivity contribution in [2.45, 2.75) is 26.1 Å². The molecule has 144 valence electrons. The summed E-state index contributed by atoms with van der Waals surface area (Å²) in [4.78, 5) is 31.2. The minimum Gasteiger partial charge on any atom is -0.483 e. The Hall–Kier alpha value is -3.17. The summed E-state index contributed by atoms with van der Waals surface area (Å²) in [5.41, 5.74) is 0.734. The van der Waals surface area contributed by atoms with Crippen molar-refractivity contribution in [1.82, 2.24) is 15.3 Å². The van der Waals surface area contributed by atoms with Crippen molar-refractivity contribution in [3.63, 3.8) is 0 Å². The lowest BCUT2D eigenvalue weighted by atomic mass is 10.2. The maximum atomic E-state index is 12.1. The lowest BCUT2D eigenvalue weighted by molar-refractivity contribution is -0.153. The van der Waals surface area contributed by atoms with Gasteiger partial charge in [0.1, 0.15) is 17.3 Å². The Balaban J connectivity index is 1.90. The summed E-state index contributed by atoms with van der Waals surface area (Å²) in [6, 6.07) is 5.79. The van der Waals surface area contributed by atoms with E-state index in [-0.39, 0.29) is 23.9 Å². The Morgan fingerprint density at radius 3 is 2.59 bits per heavy atom.